The molecule has 5 nitrogen and oxygen atoms in total. The maximum absolute atomic E-state index is 12.1. The minimum absolute atomic E-state index is 0.218. The van der Waals surface area contributed by atoms with Crippen molar-refractivity contribution in [3.05, 3.63) is 28.5 Å². The lowest BCUT2D eigenvalue weighted by atomic mass is 10.1. The monoisotopic (exact) mass is 270 g/mol. The van der Waals surface area contributed by atoms with Gasteiger partial charge in [0.15, 0.2) is 0 Å². The minimum Gasteiger partial charge on any atom is -0.480 e. The molecule has 0 aromatic carbocycles. The van der Waals surface area contributed by atoms with Crippen LogP contribution in [-0.2, 0) is 4.79 Å². The van der Waals surface area contributed by atoms with Crippen molar-refractivity contribution in [3.63, 3.8) is 0 Å². The maximum atomic E-state index is 12.1. The summed E-state index contributed by atoms with van der Waals surface area (Å²) in [7, 11) is 1.47. The second-order valence-corrected chi connectivity index (χ2v) is 4.39. The first-order valence-corrected chi connectivity index (χ1v) is 5.88. The summed E-state index contributed by atoms with van der Waals surface area (Å²) in [5.74, 6) is -1.40. The van der Waals surface area contributed by atoms with Gasteiger partial charge in [0, 0.05) is 18.3 Å². The number of rotatable bonds is 4. The van der Waals surface area contributed by atoms with Crippen molar-refractivity contribution in [2.45, 2.75) is 26.3 Å². The fourth-order valence-electron chi connectivity index (χ4n) is 1.71. The number of likely N-dealkylation sites (N-methyl/N-ethyl adjacent to an activating group) is 1. The zero-order valence-corrected chi connectivity index (χ0v) is 11.2. The number of hydrogen-bond acceptors (Lipinski definition) is 3. The Labute approximate surface area is 110 Å². The molecule has 1 aromatic rings. The summed E-state index contributed by atoms with van der Waals surface area (Å²) < 4.78 is 0. The van der Waals surface area contributed by atoms with Crippen LogP contribution in [0.5, 0.6) is 0 Å². The highest BCUT2D eigenvalue weighted by molar-refractivity contribution is 6.29. The van der Waals surface area contributed by atoms with E-state index in [0.29, 0.717) is 17.7 Å². The number of amides is 1. The highest BCUT2D eigenvalue weighted by Gasteiger charge is 2.25. The number of aryl methyl sites for hydroxylation is 1. The smallest absolute Gasteiger partial charge is 0.326 e. The van der Waals surface area contributed by atoms with Crippen molar-refractivity contribution in [3.8, 4) is 0 Å². The van der Waals surface area contributed by atoms with Gasteiger partial charge in [-0.25, -0.2) is 9.78 Å². The van der Waals surface area contributed by atoms with Crippen LogP contribution in [0.1, 0.15) is 29.4 Å². The molecule has 18 heavy (non-hydrogen) atoms. The molecule has 0 fully saturated rings. The highest BCUT2D eigenvalue weighted by Crippen LogP contribution is 2.14. The van der Waals surface area contributed by atoms with E-state index in [2.05, 4.69) is 4.98 Å². The number of carboxylic acid groups (broad SMARTS) is 1. The van der Waals surface area contributed by atoms with Crippen molar-refractivity contribution in [1.82, 2.24) is 9.88 Å². The van der Waals surface area contributed by atoms with Gasteiger partial charge in [-0.3, -0.25) is 4.79 Å². The predicted octanol–water partition coefficient (Wildman–Crippen LogP) is 1.98. The third kappa shape index (κ3) is 3.20. The predicted molar refractivity (Wildman–Crippen MR) is 67.8 cm³/mol. The molecule has 1 heterocycles. The topological polar surface area (TPSA) is 70.5 Å². The van der Waals surface area contributed by atoms with Gasteiger partial charge < -0.3 is 10.0 Å². The van der Waals surface area contributed by atoms with Gasteiger partial charge in [-0.2, -0.15) is 0 Å². The lowest BCUT2D eigenvalue weighted by molar-refractivity contribution is -0.142. The Morgan fingerprint density at radius 2 is 2.11 bits per heavy atom. The van der Waals surface area contributed by atoms with E-state index < -0.39 is 12.0 Å². The molecule has 1 rings (SSSR count). The summed E-state index contributed by atoms with van der Waals surface area (Å²) in [6.45, 7) is 3.44. The van der Waals surface area contributed by atoms with Crippen molar-refractivity contribution in [2.24, 2.45) is 0 Å². The van der Waals surface area contributed by atoms with Crippen LogP contribution in [0.25, 0.3) is 0 Å². The molecular formula is C12H15ClN2O3. The van der Waals surface area contributed by atoms with Crippen LogP contribution in [0.3, 0.4) is 0 Å². The van der Waals surface area contributed by atoms with Crippen LogP contribution < -0.4 is 0 Å². The zero-order chi connectivity index (χ0) is 13.9. The molecule has 0 spiro atoms. The van der Waals surface area contributed by atoms with Crippen molar-refractivity contribution in [2.75, 3.05) is 7.05 Å². The number of nitrogens with zero attached hydrogens (tertiary/aromatic N) is 2. The summed E-state index contributed by atoms with van der Waals surface area (Å²) in [6.07, 6.45) is 0.343. The van der Waals surface area contributed by atoms with E-state index in [1.54, 1.807) is 19.9 Å². The Morgan fingerprint density at radius 3 is 2.56 bits per heavy atom. The number of carbonyl (C=O) groups excluding carboxylic acids is 1. The summed E-state index contributed by atoms with van der Waals surface area (Å²) in [4.78, 5) is 28.3. The van der Waals surface area contributed by atoms with E-state index in [4.69, 9.17) is 16.7 Å². The molecule has 0 saturated heterocycles. The van der Waals surface area contributed by atoms with Gasteiger partial charge in [0.2, 0.25) is 0 Å². The van der Waals surface area contributed by atoms with Gasteiger partial charge >= 0.3 is 5.97 Å². The molecular weight excluding hydrogens is 256 g/mol. The van der Waals surface area contributed by atoms with Gasteiger partial charge in [0.25, 0.3) is 5.91 Å². The van der Waals surface area contributed by atoms with Crippen molar-refractivity contribution < 1.29 is 14.7 Å². The molecule has 0 aliphatic rings. The normalized spacial score (nSPS) is 12.0. The van der Waals surface area contributed by atoms with E-state index in [9.17, 15) is 9.59 Å². The molecule has 0 radical (unpaired) electrons. The molecule has 0 aliphatic carbocycles. The van der Waals surface area contributed by atoms with Gasteiger partial charge in [-0.15, -0.1) is 0 Å². The molecule has 6 heteroatoms. The van der Waals surface area contributed by atoms with Crippen LogP contribution in [0.4, 0.5) is 0 Å². The van der Waals surface area contributed by atoms with Gasteiger partial charge in [0.1, 0.15) is 11.2 Å². The summed E-state index contributed by atoms with van der Waals surface area (Å²) >= 11 is 5.78. The largest absolute Gasteiger partial charge is 0.480 e. The van der Waals surface area contributed by atoms with E-state index in [1.165, 1.54) is 18.0 Å². The summed E-state index contributed by atoms with van der Waals surface area (Å²) in [5.41, 5.74) is 0.956. The van der Waals surface area contributed by atoms with Crippen LogP contribution in [0, 0.1) is 6.92 Å². The number of aliphatic carboxylic acids is 1. The zero-order valence-electron chi connectivity index (χ0n) is 10.5. The van der Waals surface area contributed by atoms with Gasteiger partial charge in [0.05, 0.1) is 0 Å². The lowest BCUT2D eigenvalue weighted by Gasteiger charge is -2.23. The first-order chi connectivity index (χ1) is 8.36. The van der Waals surface area contributed by atoms with Crippen LogP contribution in [0.2, 0.25) is 5.15 Å². The first kappa shape index (κ1) is 14.4. The standard InChI is InChI=1S/C12H15ClN2O3/c1-4-9(12(17)18)15(3)11(16)8-5-7(2)14-10(13)6-8/h5-6,9H,4H2,1-3H3,(H,17,18). The number of carbonyl (C=O) groups is 2. The SMILES string of the molecule is CCC(C(=O)O)N(C)C(=O)c1cc(C)nc(Cl)c1. The number of aromatic nitrogens is 1. The average Bonchev–Trinajstić information content (AvgIpc) is 2.26. The molecule has 1 atom stereocenters. The fourth-order valence-corrected chi connectivity index (χ4v) is 1.96. The second-order valence-electron chi connectivity index (χ2n) is 4.00. The number of pyridine rings is 1. The molecule has 1 N–H and O–H groups in total. The number of carboxylic acids is 1. The fraction of sp³-hybridized carbons (Fsp3) is 0.417. The van der Waals surface area contributed by atoms with E-state index in [0.717, 1.165) is 0 Å². The van der Waals surface area contributed by atoms with E-state index in [-0.39, 0.29) is 11.1 Å². The molecule has 1 unspecified atom stereocenters. The van der Waals surface area contributed by atoms with Crippen molar-refractivity contribution >= 4 is 23.5 Å². The van der Waals surface area contributed by atoms with Gasteiger partial charge in [-0.1, -0.05) is 18.5 Å². The quantitative estimate of drug-likeness (QED) is 0.850. The summed E-state index contributed by atoms with van der Waals surface area (Å²) in [6, 6.07) is 2.17. The molecule has 0 saturated carbocycles. The van der Waals surface area contributed by atoms with Crippen LogP contribution in [0.15, 0.2) is 12.1 Å². The van der Waals surface area contributed by atoms with Crippen LogP contribution in [-0.4, -0.2) is 40.0 Å². The Morgan fingerprint density at radius 1 is 1.50 bits per heavy atom. The highest BCUT2D eigenvalue weighted by atomic mass is 35.5. The minimum atomic E-state index is -1.02. The number of halogens is 1. The third-order valence-corrected chi connectivity index (χ3v) is 2.82. The Hall–Kier alpha value is -1.62. The molecule has 1 amide bonds. The third-order valence-electron chi connectivity index (χ3n) is 2.63. The molecule has 1 aromatic heterocycles. The second kappa shape index (κ2) is 5.82. The maximum Gasteiger partial charge on any atom is 0.326 e. The van der Waals surface area contributed by atoms with E-state index >= 15 is 0 Å². The Kier molecular flexibility index (Phi) is 4.67. The molecule has 0 aliphatic heterocycles. The van der Waals surface area contributed by atoms with E-state index in [1.807, 2.05) is 0 Å². The number of hydrogen-bond donors (Lipinski definition) is 1. The van der Waals surface area contributed by atoms with Gasteiger partial charge in [-0.05, 0) is 25.5 Å². The summed E-state index contributed by atoms with van der Waals surface area (Å²) in [5, 5.41) is 9.23. The lowest BCUT2D eigenvalue weighted by Crippen LogP contribution is -2.42. The van der Waals surface area contributed by atoms with Crippen LogP contribution >= 0.6 is 11.6 Å². The first-order valence-electron chi connectivity index (χ1n) is 5.51. The molecule has 98 valence electrons. The Bertz CT molecular complexity index is 456. The Balaban J connectivity index is 3.02. The van der Waals surface area contributed by atoms with Crippen molar-refractivity contribution in [1.29, 1.82) is 0 Å². The average molecular weight is 271 g/mol. The molecule has 0 bridgehead atoms.